The number of amides is 1. The summed E-state index contributed by atoms with van der Waals surface area (Å²) in [4.78, 5) is 25.0. The highest BCUT2D eigenvalue weighted by Crippen LogP contribution is 2.30. The summed E-state index contributed by atoms with van der Waals surface area (Å²) in [5, 5.41) is 9.15. The molecular weight excluding hydrogens is 242 g/mol. The van der Waals surface area contributed by atoms with Gasteiger partial charge in [0.1, 0.15) is 0 Å². The highest BCUT2D eigenvalue weighted by molar-refractivity contribution is 5.82. The van der Waals surface area contributed by atoms with Crippen LogP contribution in [0, 0.1) is 12.3 Å². The molecule has 1 aliphatic heterocycles. The van der Waals surface area contributed by atoms with E-state index in [1.807, 2.05) is 31.2 Å². The number of carboxylic acids is 1. The van der Waals surface area contributed by atoms with Crippen molar-refractivity contribution in [1.82, 2.24) is 4.90 Å². The first-order valence-electron chi connectivity index (χ1n) is 6.47. The van der Waals surface area contributed by atoms with E-state index in [2.05, 4.69) is 0 Å². The summed E-state index contributed by atoms with van der Waals surface area (Å²) < 4.78 is 0. The van der Waals surface area contributed by atoms with Gasteiger partial charge in [-0.15, -0.1) is 0 Å². The molecule has 0 aromatic heterocycles. The van der Waals surface area contributed by atoms with Gasteiger partial charge < -0.3 is 10.0 Å². The van der Waals surface area contributed by atoms with Crippen LogP contribution in [0.5, 0.6) is 0 Å². The Hall–Kier alpha value is -1.84. The summed E-state index contributed by atoms with van der Waals surface area (Å²) in [5.74, 6) is -0.813. The van der Waals surface area contributed by atoms with E-state index in [9.17, 15) is 9.59 Å². The maximum absolute atomic E-state index is 12.1. The van der Waals surface area contributed by atoms with Crippen LogP contribution >= 0.6 is 0 Å². The Bertz CT molecular complexity index is 495. The minimum Gasteiger partial charge on any atom is -0.481 e. The van der Waals surface area contributed by atoms with Gasteiger partial charge in [0.25, 0.3) is 0 Å². The Balaban J connectivity index is 1.98. The lowest BCUT2D eigenvalue weighted by Gasteiger charge is -2.20. The van der Waals surface area contributed by atoms with Crippen molar-refractivity contribution in [3.05, 3.63) is 35.4 Å². The predicted molar refractivity (Wildman–Crippen MR) is 71.8 cm³/mol. The van der Waals surface area contributed by atoms with Gasteiger partial charge >= 0.3 is 5.97 Å². The minimum atomic E-state index is -0.821. The van der Waals surface area contributed by atoms with Gasteiger partial charge in [0.15, 0.2) is 0 Å². The Kier molecular flexibility index (Phi) is 3.60. The molecule has 1 aromatic carbocycles. The zero-order chi connectivity index (χ0) is 14.0. The van der Waals surface area contributed by atoms with E-state index in [0.717, 1.165) is 11.1 Å². The van der Waals surface area contributed by atoms with E-state index in [1.54, 1.807) is 11.8 Å². The molecule has 4 nitrogen and oxygen atoms in total. The summed E-state index contributed by atoms with van der Waals surface area (Å²) >= 11 is 0. The molecule has 1 atom stereocenters. The number of benzene rings is 1. The molecule has 0 spiro atoms. The smallest absolute Gasteiger partial charge is 0.311 e. The largest absolute Gasteiger partial charge is 0.481 e. The summed E-state index contributed by atoms with van der Waals surface area (Å²) in [7, 11) is 0. The second kappa shape index (κ2) is 5.03. The second-order valence-corrected chi connectivity index (χ2v) is 5.59. The van der Waals surface area contributed by atoms with Crippen molar-refractivity contribution < 1.29 is 14.7 Å². The van der Waals surface area contributed by atoms with Crippen molar-refractivity contribution in [2.24, 2.45) is 5.41 Å². The van der Waals surface area contributed by atoms with Crippen molar-refractivity contribution >= 4 is 11.9 Å². The molecule has 19 heavy (non-hydrogen) atoms. The van der Waals surface area contributed by atoms with Gasteiger partial charge in [0.05, 0.1) is 11.8 Å². The molecule has 0 unspecified atom stereocenters. The Morgan fingerprint density at radius 3 is 2.47 bits per heavy atom. The summed E-state index contributed by atoms with van der Waals surface area (Å²) in [5.41, 5.74) is 1.35. The van der Waals surface area contributed by atoms with Crippen LogP contribution in [0.3, 0.4) is 0 Å². The fourth-order valence-electron chi connectivity index (χ4n) is 2.34. The number of aryl methyl sites for hydroxylation is 1. The standard InChI is InChI=1S/C15H19NO3/c1-11-3-5-12(6-4-11)9-13(17)16-8-7-15(2,10-16)14(18)19/h3-6H,7-10H2,1-2H3,(H,18,19)/t15-/m0/s1. The number of hydrogen-bond donors (Lipinski definition) is 1. The molecule has 0 aliphatic carbocycles. The van der Waals surface area contributed by atoms with Gasteiger partial charge in [-0.1, -0.05) is 29.8 Å². The Morgan fingerprint density at radius 1 is 1.32 bits per heavy atom. The third-order valence-corrected chi connectivity index (χ3v) is 3.82. The number of nitrogens with zero attached hydrogens (tertiary/aromatic N) is 1. The van der Waals surface area contributed by atoms with Crippen molar-refractivity contribution in [3.8, 4) is 0 Å². The first kappa shape index (κ1) is 13.6. The quantitative estimate of drug-likeness (QED) is 0.903. The van der Waals surface area contributed by atoms with E-state index in [0.29, 0.717) is 25.9 Å². The van der Waals surface area contributed by atoms with Crippen LogP contribution in [-0.4, -0.2) is 35.0 Å². The minimum absolute atomic E-state index is 0.00817. The molecule has 0 bridgehead atoms. The average molecular weight is 261 g/mol. The first-order valence-corrected chi connectivity index (χ1v) is 6.47. The number of carboxylic acid groups (broad SMARTS) is 1. The van der Waals surface area contributed by atoms with Crippen LogP contribution in [0.15, 0.2) is 24.3 Å². The SMILES string of the molecule is Cc1ccc(CC(=O)N2CC[C@](C)(C(=O)O)C2)cc1. The topological polar surface area (TPSA) is 57.6 Å². The maximum Gasteiger partial charge on any atom is 0.311 e. The van der Waals surface area contributed by atoms with Gasteiger partial charge in [-0.25, -0.2) is 0 Å². The van der Waals surface area contributed by atoms with Crippen molar-refractivity contribution in [3.63, 3.8) is 0 Å². The van der Waals surface area contributed by atoms with E-state index in [1.165, 1.54) is 0 Å². The van der Waals surface area contributed by atoms with Crippen molar-refractivity contribution in [1.29, 1.82) is 0 Å². The fraction of sp³-hybridized carbons (Fsp3) is 0.467. The normalized spacial score (nSPS) is 22.5. The highest BCUT2D eigenvalue weighted by Gasteiger charge is 2.41. The first-order chi connectivity index (χ1) is 8.90. The number of likely N-dealkylation sites (tertiary alicyclic amines) is 1. The molecule has 1 fully saturated rings. The molecule has 1 aliphatic rings. The predicted octanol–water partition coefficient (Wildman–Crippen LogP) is 1.86. The fourth-order valence-corrected chi connectivity index (χ4v) is 2.34. The van der Waals surface area contributed by atoms with Crippen LogP contribution in [0.4, 0.5) is 0 Å². The lowest BCUT2D eigenvalue weighted by Crippen LogP contribution is -2.35. The molecule has 1 amide bonds. The number of hydrogen-bond acceptors (Lipinski definition) is 2. The third kappa shape index (κ3) is 2.95. The number of carbonyl (C=O) groups excluding carboxylic acids is 1. The van der Waals surface area contributed by atoms with Gasteiger partial charge in [-0.05, 0) is 25.8 Å². The Labute approximate surface area is 113 Å². The average Bonchev–Trinajstić information content (AvgIpc) is 2.76. The van der Waals surface area contributed by atoms with Crippen LogP contribution < -0.4 is 0 Å². The summed E-state index contributed by atoms with van der Waals surface area (Å²) in [6.07, 6.45) is 0.873. The van der Waals surface area contributed by atoms with E-state index < -0.39 is 11.4 Å². The van der Waals surface area contributed by atoms with Gasteiger partial charge in [-0.2, -0.15) is 0 Å². The van der Waals surface area contributed by atoms with Crippen LogP contribution in [-0.2, 0) is 16.0 Å². The number of rotatable bonds is 3. The molecular formula is C15H19NO3. The van der Waals surface area contributed by atoms with Crippen LogP contribution in [0.1, 0.15) is 24.5 Å². The van der Waals surface area contributed by atoms with Gasteiger partial charge in [0.2, 0.25) is 5.91 Å². The number of aliphatic carboxylic acids is 1. The molecule has 102 valence electrons. The third-order valence-electron chi connectivity index (χ3n) is 3.82. The van der Waals surface area contributed by atoms with Gasteiger partial charge in [-0.3, -0.25) is 9.59 Å². The molecule has 1 heterocycles. The molecule has 4 heteroatoms. The monoisotopic (exact) mass is 261 g/mol. The molecule has 0 radical (unpaired) electrons. The zero-order valence-electron chi connectivity index (χ0n) is 11.3. The molecule has 2 rings (SSSR count). The molecule has 1 saturated heterocycles. The number of carbonyl (C=O) groups is 2. The molecule has 1 N–H and O–H groups in total. The maximum atomic E-state index is 12.1. The highest BCUT2D eigenvalue weighted by atomic mass is 16.4. The lowest BCUT2D eigenvalue weighted by molar-refractivity contribution is -0.147. The molecule has 1 aromatic rings. The molecule has 0 saturated carbocycles. The zero-order valence-corrected chi connectivity index (χ0v) is 11.3. The second-order valence-electron chi connectivity index (χ2n) is 5.59. The van der Waals surface area contributed by atoms with Crippen molar-refractivity contribution in [2.75, 3.05) is 13.1 Å². The van der Waals surface area contributed by atoms with Gasteiger partial charge in [0, 0.05) is 13.1 Å². The summed E-state index contributed by atoms with van der Waals surface area (Å²) in [6, 6.07) is 7.85. The van der Waals surface area contributed by atoms with Crippen LogP contribution in [0.25, 0.3) is 0 Å². The lowest BCUT2D eigenvalue weighted by atomic mass is 9.90. The Morgan fingerprint density at radius 2 is 1.95 bits per heavy atom. The van der Waals surface area contributed by atoms with E-state index >= 15 is 0 Å². The van der Waals surface area contributed by atoms with E-state index in [-0.39, 0.29) is 5.91 Å². The summed E-state index contributed by atoms with van der Waals surface area (Å²) in [6.45, 7) is 4.55. The van der Waals surface area contributed by atoms with E-state index in [4.69, 9.17) is 5.11 Å². The van der Waals surface area contributed by atoms with Crippen molar-refractivity contribution in [2.45, 2.75) is 26.7 Å². The van der Waals surface area contributed by atoms with Crippen LogP contribution in [0.2, 0.25) is 0 Å².